The van der Waals surface area contributed by atoms with Crippen molar-refractivity contribution in [3.63, 3.8) is 0 Å². The number of nitrogens with one attached hydrogen (secondary N) is 1. The summed E-state index contributed by atoms with van der Waals surface area (Å²) in [6, 6.07) is 0. The number of allylic oxidation sites excluding steroid dienone is 4. The zero-order valence-corrected chi connectivity index (χ0v) is 19.7. The molecule has 1 rings (SSSR count). The summed E-state index contributed by atoms with van der Waals surface area (Å²) in [4.78, 5) is 35.5. The van der Waals surface area contributed by atoms with E-state index in [9.17, 15) is 14.4 Å². The first-order valence-corrected chi connectivity index (χ1v) is 11.7. The highest BCUT2D eigenvalue weighted by molar-refractivity contribution is 5.84. The van der Waals surface area contributed by atoms with E-state index in [1.807, 2.05) is 19.2 Å². The summed E-state index contributed by atoms with van der Waals surface area (Å²) in [5.74, 6) is -0.108. The van der Waals surface area contributed by atoms with Gasteiger partial charge in [-0.1, -0.05) is 50.5 Å². The van der Waals surface area contributed by atoms with Crippen LogP contribution in [0.25, 0.3) is 0 Å². The fourth-order valence-corrected chi connectivity index (χ4v) is 4.25. The van der Waals surface area contributed by atoms with Crippen molar-refractivity contribution in [2.75, 3.05) is 20.7 Å². The number of esters is 2. The molecule has 1 fully saturated rings. The largest absolute Gasteiger partial charge is 0.466 e. The van der Waals surface area contributed by atoms with E-state index in [2.05, 4.69) is 29.1 Å². The first-order valence-electron chi connectivity index (χ1n) is 11.7. The van der Waals surface area contributed by atoms with Gasteiger partial charge in [-0.25, -0.2) is 4.79 Å². The number of rotatable bonds is 15. The Balaban J connectivity index is 2.61. The van der Waals surface area contributed by atoms with Gasteiger partial charge < -0.3 is 14.8 Å². The van der Waals surface area contributed by atoms with E-state index in [0.29, 0.717) is 37.4 Å². The van der Waals surface area contributed by atoms with Gasteiger partial charge in [0.05, 0.1) is 7.11 Å². The summed E-state index contributed by atoms with van der Waals surface area (Å²) in [5.41, 5.74) is 0. The molecule has 0 heterocycles. The molecule has 0 aliphatic heterocycles. The lowest BCUT2D eigenvalue weighted by molar-refractivity contribution is -0.165. The molecule has 0 aromatic rings. The molecule has 6 nitrogen and oxygen atoms in total. The van der Waals surface area contributed by atoms with Crippen LogP contribution in [0.15, 0.2) is 24.3 Å². The Hall–Kier alpha value is -1.95. The van der Waals surface area contributed by atoms with Crippen LogP contribution in [-0.4, -0.2) is 44.5 Å². The SMILES string of the molecule is CCCCCC/C=C/[C@H]1[C@H](CNC)CC(=O)[C@@H]1C/C=C\CCC(OC(C)=O)C(=O)OC. The molecule has 0 saturated heterocycles. The van der Waals surface area contributed by atoms with Gasteiger partial charge in [-0.15, -0.1) is 0 Å². The number of carbonyl (C=O) groups is 3. The summed E-state index contributed by atoms with van der Waals surface area (Å²) in [6.07, 6.45) is 15.9. The normalized spacial score (nSPS) is 22.3. The van der Waals surface area contributed by atoms with Crippen molar-refractivity contribution in [2.45, 2.75) is 77.7 Å². The Morgan fingerprint density at radius 3 is 2.58 bits per heavy atom. The van der Waals surface area contributed by atoms with Gasteiger partial charge in [-0.05, 0) is 57.5 Å². The van der Waals surface area contributed by atoms with Gasteiger partial charge in [0.2, 0.25) is 0 Å². The molecule has 1 unspecified atom stereocenters. The molecule has 0 radical (unpaired) electrons. The first kappa shape index (κ1) is 27.1. The van der Waals surface area contributed by atoms with Crippen molar-refractivity contribution in [3.8, 4) is 0 Å². The Kier molecular flexibility index (Phi) is 13.8. The number of ether oxygens (including phenoxy) is 2. The number of Topliss-reactive ketones (excluding diaryl/α,β-unsaturated/α-hetero) is 1. The number of hydrogen-bond acceptors (Lipinski definition) is 6. The molecule has 0 spiro atoms. The Morgan fingerprint density at radius 1 is 1.16 bits per heavy atom. The lowest BCUT2D eigenvalue weighted by Crippen LogP contribution is -2.27. The van der Waals surface area contributed by atoms with Crippen molar-refractivity contribution in [2.24, 2.45) is 17.8 Å². The number of unbranched alkanes of at least 4 members (excludes halogenated alkanes) is 4. The molecule has 0 amide bonds. The predicted octanol–water partition coefficient (Wildman–Crippen LogP) is 4.39. The maximum atomic E-state index is 12.7. The fraction of sp³-hybridized carbons (Fsp3) is 0.720. The van der Waals surface area contributed by atoms with E-state index in [1.54, 1.807) is 0 Å². The van der Waals surface area contributed by atoms with Crippen molar-refractivity contribution in [3.05, 3.63) is 24.3 Å². The maximum Gasteiger partial charge on any atom is 0.347 e. The molecule has 0 bridgehead atoms. The van der Waals surface area contributed by atoms with Gasteiger partial charge in [0.25, 0.3) is 0 Å². The van der Waals surface area contributed by atoms with Crippen LogP contribution in [0.4, 0.5) is 0 Å². The van der Waals surface area contributed by atoms with E-state index in [0.717, 1.165) is 13.0 Å². The predicted molar refractivity (Wildman–Crippen MR) is 122 cm³/mol. The zero-order chi connectivity index (χ0) is 23.1. The van der Waals surface area contributed by atoms with Gasteiger partial charge in [-0.3, -0.25) is 9.59 Å². The van der Waals surface area contributed by atoms with E-state index in [4.69, 9.17) is 4.74 Å². The molecule has 4 atom stereocenters. The molecule has 1 N–H and O–H groups in total. The average Bonchev–Trinajstić information content (AvgIpc) is 3.03. The highest BCUT2D eigenvalue weighted by Gasteiger charge is 2.39. The summed E-state index contributed by atoms with van der Waals surface area (Å²) in [6.45, 7) is 4.34. The highest BCUT2D eigenvalue weighted by atomic mass is 16.6. The second-order valence-corrected chi connectivity index (χ2v) is 8.36. The van der Waals surface area contributed by atoms with Gasteiger partial charge in [0, 0.05) is 19.3 Å². The third-order valence-electron chi connectivity index (χ3n) is 5.86. The summed E-state index contributed by atoms with van der Waals surface area (Å²) >= 11 is 0. The second kappa shape index (κ2) is 15.8. The van der Waals surface area contributed by atoms with Gasteiger partial charge >= 0.3 is 11.9 Å². The van der Waals surface area contributed by atoms with Crippen LogP contribution in [0, 0.1) is 17.8 Å². The molecule has 1 aliphatic carbocycles. The van der Waals surface area contributed by atoms with Gasteiger partial charge in [0.15, 0.2) is 6.10 Å². The molecule has 176 valence electrons. The molecule has 0 aromatic carbocycles. The molecular weight excluding hydrogens is 394 g/mol. The number of carbonyl (C=O) groups excluding carboxylic acids is 3. The first-order chi connectivity index (χ1) is 14.9. The van der Waals surface area contributed by atoms with Crippen LogP contribution in [0.2, 0.25) is 0 Å². The van der Waals surface area contributed by atoms with Crippen LogP contribution in [-0.2, 0) is 23.9 Å². The molecule has 6 heteroatoms. The summed E-state index contributed by atoms with van der Waals surface area (Å²) in [5, 5.41) is 3.23. The third kappa shape index (κ3) is 10.3. The van der Waals surface area contributed by atoms with Crippen molar-refractivity contribution < 1.29 is 23.9 Å². The van der Waals surface area contributed by atoms with Gasteiger partial charge in [-0.2, -0.15) is 0 Å². The van der Waals surface area contributed by atoms with Crippen LogP contribution in [0.1, 0.15) is 71.6 Å². The lowest BCUT2D eigenvalue weighted by atomic mass is 9.86. The van der Waals surface area contributed by atoms with Crippen LogP contribution in [0.3, 0.4) is 0 Å². The average molecular weight is 436 g/mol. The standard InChI is InChI=1S/C25H41NO5/c1-5-6-7-8-9-11-14-21-20(18-26-3)17-23(28)22(21)15-12-10-13-16-24(25(29)30-4)31-19(2)27/h10-12,14,20-22,24,26H,5-9,13,15-18H2,1-4H3/b12-10-,14-11+/t20-,21-,22+,24?/m0/s1. The Morgan fingerprint density at radius 2 is 1.94 bits per heavy atom. The molecular formula is C25H41NO5. The minimum Gasteiger partial charge on any atom is -0.466 e. The smallest absolute Gasteiger partial charge is 0.347 e. The third-order valence-corrected chi connectivity index (χ3v) is 5.86. The second-order valence-electron chi connectivity index (χ2n) is 8.36. The van der Waals surface area contributed by atoms with Gasteiger partial charge in [0.1, 0.15) is 5.78 Å². The van der Waals surface area contributed by atoms with Crippen LogP contribution >= 0.6 is 0 Å². The maximum absolute atomic E-state index is 12.7. The van der Waals surface area contributed by atoms with E-state index >= 15 is 0 Å². The summed E-state index contributed by atoms with van der Waals surface area (Å²) < 4.78 is 9.70. The minimum absolute atomic E-state index is 0.00589. The summed E-state index contributed by atoms with van der Waals surface area (Å²) in [7, 11) is 3.21. The van der Waals surface area contributed by atoms with E-state index < -0.39 is 18.0 Å². The molecule has 0 aromatic heterocycles. The van der Waals surface area contributed by atoms with Crippen LogP contribution in [0.5, 0.6) is 0 Å². The molecule has 1 aliphatic rings. The number of hydrogen-bond donors (Lipinski definition) is 1. The Labute approximate surface area is 187 Å². The van der Waals surface area contributed by atoms with E-state index in [-0.39, 0.29) is 11.8 Å². The highest BCUT2D eigenvalue weighted by Crippen LogP contribution is 2.37. The van der Waals surface area contributed by atoms with Crippen molar-refractivity contribution >= 4 is 17.7 Å². The van der Waals surface area contributed by atoms with Crippen molar-refractivity contribution in [1.82, 2.24) is 5.32 Å². The minimum atomic E-state index is -0.885. The quantitative estimate of drug-likeness (QED) is 0.233. The van der Waals surface area contributed by atoms with Crippen molar-refractivity contribution in [1.29, 1.82) is 0 Å². The molecule has 1 saturated carbocycles. The topological polar surface area (TPSA) is 81.7 Å². The monoisotopic (exact) mass is 435 g/mol. The lowest BCUT2D eigenvalue weighted by Gasteiger charge is -2.20. The number of ketones is 1. The Bertz CT molecular complexity index is 613. The fourth-order valence-electron chi connectivity index (χ4n) is 4.25. The van der Waals surface area contributed by atoms with E-state index in [1.165, 1.54) is 39.7 Å². The molecule has 31 heavy (non-hydrogen) atoms. The zero-order valence-electron chi connectivity index (χ0n) is 19.7. The van der Waals surface area contributed by atoms with Crippen LogP contribution < -0.4 is 5.32 Å². The number of methoxy groups -OCH3 is 1.